The van der Waals surface area contributed by atoms with Crippen molar-refractivity contribution >= 4 is 23.3 Å². The van der Waals surface area contributed by atoms with Gasteiger partial charge in [0.25, 0.3) is 5.91 Å². The number of ether oxygens (including phenoxy) is 1. The van der Waals surface area contributed by atoms with Crippen LogP contribution in [0.3, 0.4) is 0 Å². The number of carbonyl (C=O) groups excluding carboxylic acids is 3. The number of carbonyl (C=O) groups is 3. The summed E-state index contributed by atoms with van der Waals surface area (Å²) >= 11 is 0. The van der Waals surface area contributed by atoms with Crippen LogP contribution in [0.25, 0.3) is 0 Å². The fourth-order valence-corrected chi connectivity index (χ4v) is 2.84. The van der Waals surface area contributed by atoms with Crippen molar-refractivity contribution in [3.63, 3.8) is 0 Å². The molecule has 6 heteroatoms. The van der Waals surface area contributed by atoms with Crippen molar-refractivity contribution < 1.29 is 23.5 Å². The van der Waals surface area contributed by atoms with Crippen LogP contribution in [-0.2, 0) is 4.74 Å². The van der Waals surface area contributed by atoms with E-state index in [0.29, 0.717) is 11.3 Å². The lowest BCUT2D eigenvalue weighted by atomic mass is 9.98. The molecule has 6 nitrogen and oxygen atoms in total. The topological polar surface area (TPSA) is 85.6 Å². The third-order valence-corrected chi connectivity index (χ3v) is 4.60. The van der Waals surface area contributed by atoms with Crippen LogP contribution in [0, 0.1) is 20.8 Å². The molecule has 0 aliphatic carbocycles. The van der Waals surface area contributed by atoms with E-state index in [1.807, 2.05) is 32.9 Å². The predicted octanol–water partition coefficient (Wildman–Crippen LogP) is 4.50. The lowest BCUT2D eigenvalue weighted by molar-refractivity contribution is 0.0474. The average Bonchev–Trinajstić information content (AvgIpc) is 3.24. The Hall–Kier alpha value is -3.67. The van der Waals surface area contributed by atoms with Gasteiger partial charge in [-0.3, -0.25) is 9.59 Å². The highest BCUT2D eigenvalue weighted by Gasteiger charge is 2.15. The zero-order valence-electron chi connectivity index (χ0n) is 16.4. The number of hydrogen-bond donors (Lipinski definition) is 1. The van der Waals surface area contributed by atoms with Crippen LogP contribution in [0.2, 0.25) is 0 Å². The van der Waals surface area contributed by atoms with Crippen molar-refractivity contribution in [1.82, 2.24) is 0 Å². The molecule has 0 saturated heterocycles. The number of ketones is 1. The first-order chi connectivity index (χ1) is 13.8. The molecule has 3 rings (SSSR count). The van der Waals surface area contributed by atoms with Gasteiger partial charge >= 0.3 is 5.97 Å². The molecule has 0 aliphatic heterocycles. The summed E-state index contributed by atoms with van der Waals surface area (Å²) in [5, 5.41) is 2.66. The predicted molar refractivity (Wildman–Crippen MR) is 108 cm³/mol. The van der Waals surface area contributed by atoms with Gasteiger partial charge in [-0.15, -0.1) is 0 Å². The summed E-state index contributed by atoms with van der Waals surface area (Å²) in [4.78, 5) is 36.6. The number of benzene rings is 2. The van der Waals surface area contributed by atoms with Gasteiger partial charge in [-0.1, -0.05) is 6.07 Å². The number of Topliss-reactive ketones (excluding diaryl/α,β-unsaturated/α-hetero) is 1. The highest BCUT2D eigenvalue weighted by atomic mass is 16.5. The van der Waals surface area contributed by atoms with Crippen LogP contribution < -0.4 is 5.32 Å². The molecular weight excluding hydrogens is 370 g/mol. The summed E-state index contributed by atoms with van der Waals surface area (Å²) in [6.45, 7) is 5.44. The van der Waals surface area contributed by atoms with E-state index in [2.05, 4.69) is 5.32 Å². The molecule has 0 spiro atoms. The van der Waals surface area contributed by atoms with E-state index in [1.165, 1.54) is 18.4 Å². The Morgan fingerprint density at radius 3 is 2.28 bits per heavy atom. The van der Waals surface area contributed by atoms with E-state index < -0.39 is 5.97 Å². The van der Waals surface area contributed by atoms with Gasteiger partial charge < -0.3 is 14.5 Å². The summed E-state index contributed by atoms with van der Waals surface area (Å²) in [7, 11) is 0. The summed E-state index contributed by atoms with van der Waals surface area (Å²) in [6.07, 6.45) is 1.41. The Balaban J connectivity index is 1.59. The van der Waals surface area contributed by atoms with Crippen LogP contribution >= 0.6 is 0 Å². The SMILES string of the molecule is Cc1cc(C)c(C(=O)COC(=O)c2ccc(NC(=O)c3ccco3)cc2)cc1C. The van der Waals surface area contributed by atoms with Crippen molar-refractivity contribution in [3.8, 4) is 0 Å². The number of hydrogen-bond acceptors (Lipinski definition) is 5. The first-order valence-corrected chi connectivity index (χ1v) is 9.08. The minimum absolute atomic E-state index is 0.189. The van der Waals surface area contributed by atoms with Crippen LogP contribution in [0.1, 0.15) is 48.0 Å². The molecule has 0 aliphatic rings. The van der Waals surface area contributed by atoms with E-state index >= 15 is 0 Å². The minimum Gasteiger partial charge on any atom is -0.459 e. The number of rotatable bonds is 6. The number of esters is 1. The Kier molecular flexibility index (Phi) is 5.93. The molecule has 0 bridgehead atoms. The molecule has 1 aromatic heterocycles. The van der Waals surface area contributed by atoms with Gasteiger partial charge in [-0.05, 0) is 79.9 Å². The fraction of sp³-hybridized carbons (Fsp3) is 0.174. The molecular formula is C23H21NO5. The van der Waals surface area contributed by atoms with Gasteiger partial charge in [0.05, 0.1) is 11.8 Å². The molecule has 148 valence electrons. The Labute approximate surface area is 168 Å². The molecule has 1 amide bonds. The maximum absolute atomic E-state index is 12.4. The second-order valence-corrected chi connectivity index (χ2v) is 6.76. The van der Waals surface area contributed by atoms with E-state index in [4.69, 9.17) is 9.15 Å². The van der Waals surface area contributed by atoms with E-state index in [0.717, 1.165) is 16.7 Å². The van der Waals surface area contributed by atoms with E-state index in [1.54, 1.807) is 24.3 Å². The zero-order valence-corrected chi connectivity index (χ0v) is 16.4. The molecule has 29 heavy (non-hydrogen) atoms. The molecule has 3 aromatic rings. The average molecular weight is 391 g/mol. The third-order valence-electron chi connectivity index (χ3n) is 4.60. The van der Waals surface area contributed by atoms with E-state index in [-0.39, 0.29) is 29.6 Å². The van der Waals surface area contributed by atoms with Crippen LogP contribution in [0.5, 0.6) is 0 Å². The van der Waals surface area contributed by atoms with E-state index in [9.17, 15) is 14.4 Å². The van der Waals surface area contributed by atoms with Gasteiger partial charge in [-0.25, -0.2) is 4.79 Å². The first kappa shape index (κ1) is 20.1. The molecule has 1 heterocycles. The summed E-state index contributed by atoms with van der Waals surface area (Å²) in [5.41, 5.74) is 4.31. The highest BCUT2D eigenvalue weighted by Crippen LogP contribution is 2.17. The molecule has 0 radical (unpaired) electrons. The maximum atomic E-state index is 12.4. The second-order valence-electron chi connectivity index (χ2n) is 6.76. The first-order valence-electron chi connectivity index (χ1n) is 9.08. The quantitative estimate of drug-likeness (QED) is 0.494. The van der Waals surface area contributed by atoms with Crippen molar-refractivity contribution in [2.45, 2.75) is 20.8 Å². The monoisotopic (exact) mass is 391 g/mol. The van der Waals surface area contributed by atoms with Gasteiger partial charge in [0, 0.05) is 11.3 Å². The normalized spacial score (nSPS) is 10.4. The Morgan fingerprint density at radius 2 is 1.62 bits per heavy atom. The second kappa shape index (κ2) is 8.56. The molecule has 2 aromatic carbocycles. The van der Waals surface area contributed by atoms with Crippen LogP contribution in [0.15, 0.2) is 59.2 Å². The lowest BCUT2D eigenvalue weighted by Crippen LogP contribution is -2.16. The van der Waals surface area contributed by atoms with Crippen LogP contribution in [-0.4, -0.2) is 24.3 Å². The van der Waals surface area contributed by atoms with Gasteiger partial charge in [0.1, 0.15) is 0 Å². The van der Waals surface area contributed by atoms with Crippen LogP contribution in [0.4, 0.5) is 5.69 Å². The maximum Gasteiger partial charge on any atom is 0.338 e. The largest absolute Gasteiger partial charge is 0.459 e. The van der Waals surface area contributed by atoms with Gasteiger partial charge in [0.2, 0.25) is 5.78 Å². The zero-order chi connectivity index (χ0) is 21.0. The smallest absolute Gasteiger partial charge is 0.338 e. The number of nitrogens with one attached hydrogen (secondary N) is 1. The molecule has 0 fully saturated rings. The van der Waals surface area contributed by atoms with Crippen molar-refractivity contribution in [2.24, 2.45) is 0 Å². The van der Waals surface area contributed by atoms with Gasteiger partial charge in [-0.2, -0.15) is 0 Å². The minimum atomic E-state index is -0.608. The summed E-state index contributed by atoms with van der Waals surface area (Å²) in [5.74, 6) is -1.06. The highest BCUT2D eigenvalue weighted by molar-refractivity contribution is 6.03. The van der Waals surface area contributed by atoms with Crippen molar-refractivity contribution in [2.75, 3.05) is 11.9 Å². The Bertz CT molecular complexity index is 1050. The molecule has 0 unspecified atom stereocenters. The Morgan fingerprint density at radius 1 is 0.931 bits per heavy atom. The fourth-order valence-electron chi connectivity index (χ4n) is 2.84. The summed E-state index contributed by atoms with van der Waals surface area (Å²) in [6, 6.07) is 13.1. The number of furan rings is 1. The van der Waals surface area contributed by atoms with Gasteiger partial charge in [0.15, 0.2) is 12.4 Å². The summed E-state index contributed by atoms with van der Waals surface area (Å²) < 4.78 is 10.2. The molecule has 1 N–H and O–H groups in total. The number of anilines is 1. The third kappa shape index (κ3) is 4.79. The van der Waals surface area contributed by atoms with Crippen molar-refractivity contribution in [3.05, 3.63) is 88.4 Å². The van der Waals surface area contributed by atoms with Crippen molar-refractivity contribution in [1.29, 1.82) is 0 Å². The molecule has 0 atom stereocenters. The molecule has 0 saturated carbocycles. The lowest BCUT2D eigenvalue weighted by Gasteiger charge is -2.10. The number of amides is 1. The number of aryl methyl sites for hydroxylation is 3. The standard InChI is InChI=1S/C23H21NO5/c1-14-11-16(3)19(12-15(14)2)20(25)13-29-23(27)17-6-8-18(9-7-17)24-22(26)21-5-4-10-28-21/h4-12H,13H2,1-3H3,(H,24,26).